The van der Waals surface area contributed by atoms with Gasteiger partial charge in [-0.25, -0.2) is 8.42 Å². The van der Waals surface area contributed by atoms with E-state index in [0.717, 1.165) is 19.3 Å². The molecule has 2 N–H and O–H groups in total. The van der Waals surface area contributed by atoms with Gasteiger partial charge in [0.2, 0.25) is 15.9 Å². The number of amides is 1. The Balaban J connectivity index is 0.00000312. The van der Waals surface area contributed by atoms with E-state index in [1.807, 2.05) is 18.7 Å². The lowest BCUT2D eigenvalue weighted by molar-refractivity contribution is -0.137. The first-order valence-electron chi connectivity index (χ1n) is 8.93. The molecule has 0 aromatic carbocycles. The second-order valence-electron chi connectivity index (χ2n) is 6.99. The molecule has 1 saturated carbocycles. The zero-order valence-electron chi connectivity index (χ0n) is 15.2. The van der Waals surface area contributed by atoms with Crippen LogP contribution in [0.4, 0.5) is 0 Å². The lowest BCUT2D eigenvalue weighted by Crippen LogP contribution is -2.53. The molecular weight excluding hydrogens is 366 g/mol. The highest BCUT2D eigenvalue weighted by atomic mass is 35.5. The van der Waals surface area contributed by atoms with Crippen LogP contribution in [0.2, 0.25) is 0 Å². The normalized spacial score (nSPS) is 25.2. The third kappa shape index (κ3) is 6.06. The summed E-state index contributed by atoms with van der Waals surface area (Å²) in [6.45, 7) is 6.21. The van der Waals surface area contributed by atoms with Gasteiger partial charge < -0.3 is 15.4 Å². The predicted octanol–water partition coefficient (Wildman–Crippen LogP) is 0.682. The number of hydrogen-bond acceptors (Lipinski definition) is 5. The van der Waals surface area contributed by atoms with Crippen molar-refractivity contribution in [2.75, 3.05) is 45.1 Å². The minimum Gasteiger partial charge on any atom is -0.378 e. The summed E-state index contributed by atoms with van der Waals surface area (Å²) in [4.78, 5) is 14.5. The molecule has 1 aliphatic heterocycles. The van der Waals surface area contributed by atoms with E-state index < -0.39 is 10.0 Å². The van der Waals surface area contributed by atoms with E-state index >= 15 is 0 Å². The maximum atomic E-state index is 12.7. The summed E-state index contributed by atoms with van der Waals surface area (Å²) in [5.41, 5.74) is 5.77. The van der Waals surface area contributed by atoms with Crippen LogP contribution < -0.4 is 5.73 Å². The van der Waals surface area contributed by atoms with Gasteiger partial charge >= 0.3 is 0 Å². The zero-order chi connectivity index (χ0) is 17.7. The fourth-order valence-corrected chi connectivity index (χ4v) is 4.87. The van der Waals surface area contributed by atoms with Crippen LogP contribution >= 0.6 is 12.4 Å². The third-order valence-corrected chi connectivity index (χ3v) is 6.85. The first-order chi connectivity index (χ1) is 11.3. The molecule has 1 saturated heterocycles. The summed E-state index contributed by atoms with van der Waals surface area (Å²) < 4.78 is 31.5. The van der Waals surface area contributed by atoms with Gasteiger partial charge in [-0.1, -0.05) is 6.42 Å². The van der Waals surface area contributed by atoms with Gasteiger partial charge in [-0.2, -0.15) is 4.31 Å². The van der Waals surface area contributed by atoms with E-state index in [2.05, 4.69) is 0 Å². The van der Waals surface area contributed by atoms with Crippen molar-refractivity contribution in [1.29, 1.82) is 0 Å². The average Bonchev–Trinajstić information content (AvgIpc) is 3.02. The van der Waals surface area contributed by atoms with Crippen LogP contribution in [0.1, 0.15) is 33.1 Å². The van der Waals surface area contributed by atoms with Crippen molar-refractivity contribution in [2.45, 2.75) is 39.2 Å². The van der Waals surface area contributed by atoms with Crippen LogP contribution in [-0.2, 0) is 19.6 Å². The Morgan fingerprint density at radius 2 is 1.84 bits per heavy atom. The third-order valence-electron chi connectivity index (χ3n) is 5.02. The lowest BCUT2D eigenvalue weighted by atomic mass is 9.94. The molecule has 0 aromatic heterocycles. The van der Waals surface area contributed by atoms with Gasteiger partial charge in [0, 0.05) is 32.1 Å². The second kappa shape index (κ2) is 10.1. The summed E-state index contributed by atoms with van der Waals surface area (Å²) >= 11 is 0. The Morgan fingerprint density at radius 3 is 2.40 bits per heavy atom. The number of carbonyl (C=O) groups excluding carboxylic acids is 1. The van der Waals surface area contributed by atoms with Gasteiger partial charge in [-0.05, 0) is 39.2 Å². The molecule has 25 heavy (non-hydrogen) atoms. The smallest absolute Gasteiger partial charge is 0.226 e. The summed E-state index contributed by atoms with van der Waals surface area (Å²) in [7, 11) is -3.31. The molecule has 0 unspecified atom stereocenters. The molecule has 2 aliphatic rings. The van der Waals surface area contributed by atoms with Crippen LogP contribution in [-0.4, -0.2) is 74.7 Å². The zero-order valence-corrected chi connectivity index (χ0v) is 16.9. The average molecular weight is 398 g/mol. The fraction of sp³-hybridized carbons (Fsp3) is 0.938. The van der Waals surface area contributed by atoms with Gasteiger partial charge in [0.25, 0.3) is 0 Å². The number of ether oxygens (including phenoxy) is 1. The highest BCUT2D eigenvalue weighted by molar-refractivity contribution is 7.89. The Hall–Kier alpha value is -0.410. The molecule has 2 atom stereocenters. The first-order valence-corrected chi connectivity index (χ1v) is 10.5. The number of sulfonamides is 1. The molecule has 0 radical (unpaired) electrons. The SMILES string of the molecule is CC(C)OCCS(=O)(=O)N1CCN(C(=O)[C@@H]2CCC[C@@H]2CN)CC1.Cl. The van der Waals surface area contributed by atoms with Crippen molar-refractivity contribution >= 4 is 28.3 Å². The lowest BCUT2D eigenvalue weighted by Gasteiger charge is -2.36. The molecule has 0 spiro atoms. The van der Waals surface area contributed by atoms with Gasteiger partial charge in [0.1, 0.15) is 0 Å². The number of halogens is 1. The Kier molecular flexibility index (Phi) is 9.11. The maximum absolute atomic E-state index is 12.7. The van der Waals surface area contributed by atoms with Crippen molar-refractivity contribution < 1.29 is 17.9 Å². The fourth-order valence-electron chi connectivity index (χ4n) is 3.58. The number of carbonyl (C=O) groups is 1. The second-order valence-corrected chi connectivity index (χ2v) is 9.08. The van der Waals surface area contributed by atoms with Crippen molar-refractivity contribution in [2.24, 2.45) is 17.6 Å². The molecule has 2 fully saturated rings. The minimum absolute atomic E-state index is 0. The van der Waals surface area contributed by atoms with E-state index in [1.54, 1.807) is 0 Å². The number of rotatable bonds is 7. The maximum Gasteiger partial charge on any atom is 0.226 e. The predicted molar refractivity (Wildman–Crippen MR) is 100 cm³/mol. The van der Waals surface area contributed by atoms with Gasteiger partial charge in [0.15, 0.2) is 0 Å². The van der Waals surface area contributed by atoms with E-state index in [9.17, 15) is 13.2 Å². The van der Waals surface area contributed by atoms with Gasteiger partial charge in [0.05, 0.1) is 18.5 Å². The summed E-state index contributed by atoms with van der Waals surface area (Å²) in [5.74, 6) is 0.463. The number of piperazine rings is 1. The van der Waals surface area contributed by atoms with Crippen LogP contribution in [0, 0.1) is 11.8 Å². The largest absolute Gasteiger partial charge is 0.378 e. The summed E-state index contributed by atoms with van der Waals surface area (Å²) in [6, 6.07) is 0. The molecule has 0 aromatic rings. The minimum atomic E-state index is -3.31. The Labute approximate surface area is 157 Å². The van der Waals surface area contributed by atoms with Crippen LogP contribution in [0.5, 0.6) is 0 Å². The van der Waals surface area contributed by atoms with E-state index in [4.69, 9.17) is 10.5 Å². The van der Waals surface area contributed by atoms with E-state index in [1.165, 1.54) is 4.31 Å². The summed E-state index contributed by atoms with van der Waals surface area (Å²) in [5, 5.41) is 0. The molecule has 9 heteroatoms. The van der Waals surface area contributed by atoms with E-state index in [0.29, 0.717) is 32.7 Å². The van der Waals surface area contributed by atoms with E-state index in [-0.39, 0.29) is 48.6 Å². The standard InChI is InChI=1S/C16H31N3O4S.ClH/c1-13(2)23-10-11-24(21,22)19-8-6-18(7-9-19)16(20)15-5-3-4-14(15)12-17;/h13-15H,3-12,17H2,1-2H3;1H/t14-,15-;/m1./s1. The molecule has 148 valence electrons. The van der Waals surface area contributed by atoms with Gasteiger partial charge in [-0.15, -0.1) is 12.4 Å². The van der Waals surface area contributed by atoms with Crippen molar-refractivity contribution in [3.8, 4) is 0 Å². The molecule has 0 bridgehead atoms. The molecule has 2 rings (SSSR count). The molecule has 7 nitrogen and oxygen atoms in total. The van der Waals surface area contributed by atoms with Crippen molar-refractivity contribution in [1.82, 2.24) is 9.21 Å². The Morgan fingerprint density at radius 1 is 1.20 bits per heavy atom. The number of nitrogens with two attached hydrogens (primary N) is 1. The summed E-state index contributed by atoms with van der Waals surface area (Å²) in [6.07, 6.45) is 3.02. The first kappa shape index (κ1) is 22.6. The monoisotopic (exact) mass is 397 g/mol. The molecule has 1 heterocycles. The van der Waals surface area contributed by atoms with Gasteiger partial charge in [-0.3, -0.25) is 4.79 Å². The van der Waals surface area contributed by atoms with Crippen molar-refractivity contribution in [3.05, 3.63) is 0 Å². The quantitative estimate of drug-likeness (QED) is 0.681. The van der Waals surface area contributed by atoms with Crippen LogP contribution in [0.15, 0.2) is 0 Å². The topological polar surface area (TPSA) is 92.9 Å². The highest BCUT2D eigenvalue weighted by Crippen LogP contribution is 2.32. The number of hydrogen-bond donors (Lipinski definition) is 1. The molecule has 1 amide bonds. The molecule has 1 aliphatic carbocycles. The highest BCUT2D eigenvalue weighted by Gasteiger charge is 2.36. The van der Waals surface area contributed by atoms with Crippen molar-refractivity contribution in [3.63, 3.8) is 0 Å². The molecular formula is C16H32ClN3O4S. The van der Waals surface area contributed by atoms with Crippen LogP contribution in [0.3, 0.4) is 0 Å². The number of nitrogens with zero attached hydrogens (tertiary/aromatic N) is 2. The van der Waals surface area contributed by atoms with Crippen LogP contribution in [0.25, 0.3) is 0 Å². The Bertz CT molecular complexity index is 521.